The number of imidazole rings is 2. The Morgan fingerprint density at radius 1 is 0.218 bits per heavy atom. The van der Waals surface area contributed by atoms with Gasteiger partial charge in [0.2, 0.25) is 33.1 Å². The molecule has 0 N–H and O–H groups in total. The number of hydrogen-bond donors (Lipinski definition) is 0. The Balaban J connectivity index is 0.0000000840. The number of nitrogens with zero attached hydrogens (tertiary/aromatic N) is 14. The van der Waals surface area contributed by atoms with Crippen molar-refractivity contribution in [3.63, 3.8) is 0 Å². The summed E-state index contributed by atoms with van der Waals surface area (Å²) in [4.78, 5) is 9.60. The minimum absolute atomic E-state index is 0.597. The van der Waals surface area contributed by atoms with Gasteiger partial charge in [-0.05, 0) is 109 Å². The van der Waals surface area contributed by atoms with Crippen molar-refractivity contribution in [2.24, 2.45) is 0 Å². The van der Waals surface area contributed by atoms with E-state index in [1.54, 1.807) is 0 Å². The molecule has 3 spiro atoms. The van der Waals surface area contributed by atoms with E-state index in [4.69, 9.17) is 24.2 Å². The first-order chi connectivity index (χ1) is 61.5. The van der Waals surface area contributed by atoms with Crippen LogP contribution < -0.4 is 41.6 Å². The zero-order valence-corrected chi connectivity index (χ0v) is 65.2. The first-order valence-corrected chi connectivity index (χ1v) is 42.5. The fraction of sp³-hybridized carbons (Fsp3) is 0.0280. The van der Waals surface area contributed by atoms with Crippen molar-refractivity contribution in [2.45, 2.75) is 17.0 Å². The minimum atomic E-state index is -0.601. The van der Waals surface area contributed by atoms with E-state index < -0.39 is 17.0 Å². The van der Waals surface area contributed by atoms with E-state index in [1.807, 2.05) is 12.4 Å². The van der Waals surface area contributed by atoms with Crippen LogP contribution in [-0.2, 0) is 17.0 Å². The summed E-state index contributed by atoms with van der Waals surface area (Å²) in [7, 11) is 0. The highest BCUT2D eigenvalue weighted by Crippen LogP contribution is 2.63. The van der Waals surface area contributed by atoms with Gasteiger partial charge in [-0.3, -0.25) is 8.80 Å². The summed E-state index contributed by atoms with van der Waals surface area (Å²) in [5.41, 5.74) is 27.0. The molecule has 0 saturated heterocycles. The number of hydrogen-bond acceptors (Lipinski definition) is 5. The van der Waals surface area contributed by atoms with Crippen LogP contribution in [0.15, 0.2) is 329 Å². The maximum Gasteiger partial charge on any atom is 0.425 e. The van der Waals surface area contributed by atoms with E-state index in [0.29, 0.717) is 0 Å². The molecule has 17 nitrogen and oxygen atoms in total. The monoisotopic (exact) mass is 1580 g/mol. The lowest BCUT2D eigenvalue weighted by atomic mass is 9.86. The summed E-state index contributed by atoms with van der Waals surface area (Å²) in [6.45, 7) is 0. The van der Waals surface area contributed by atoms with Crippen LogP contribution in [0.25, 0.3) is 207 Å². The van der Waals surface area contributed by atoms with Gasteiger partial charge in [0.05, 0.1) is 76.2 Å². The lowest BCUT2D eigenvalue weighted by Gasteiger charge is -2.26. The number of ether oxygens (including phenoxy) is 3. The van der Waals surface area contributed by atoms with Crippen LogP contribution in [0.2, 0.25) is 0 Å². The molecule has 0 saturated carbocycles. The van der Waals surface area contributed by atoms with Crippen LogP contribution in [0.5, 0.6) is 34.5 Å². The quantitative estimate of drug-likeness (QED) is 0.111. The van der Waals surface area contributed by atoms with Crippen molar-refractivity contribution in [2.75, 3.05) is 0 Å². The van der Waals surface area contributed by atoms with Crippen molar-refractivity contribution in [1.82, 2.24) is 36.4 Å². The largest absolute Gasteiger partial charge is 0.456 e. The van der Waals surface area contributed by atoms with Gasteiger partial charge in [-0.25, -0.2) is 9.97 Å². The van der Waals surface area contributed by atoms with Gasteiger partial charge >= 0.3 is 17.0 Å². The highest BCUT2D eigenvalue weighted by Gasteiger charge is 2.73. The van der Waals surface area contributed by atoms with Crippen LogP contribution >= 0.6 is 0 Å². The topological polar surface area (TPSA) is 103 Å². The van der Waals surface area contributed by atoms with Crippen LogP contribution in [0, 0.1) is 0 Å². The summed E-state index contributed by atoms with van der Waals surface area (Å²) >= 11 is 0. The molecule has 0 fully saturated rings. The van der Waals surface area contributed by atoms with Crippen LogP contribution in [0.3, 0.4) is 0 Å². The third kappa shape index (κ3) is 5.96. The fourth-order valence-corrected chi connectivity index (χ4v) is 26.4. The molecule has 9 aliphatic heterocycles. The van der Waals surface area contributed by atoms with Crippen molar-refractivity contribution in [3.05, 3.63) is 363 Å². The van der Waals surface area contributed by atoms with Gasteiger partial charge in [-0.2, -0.15) is 0 Å². The van der Waals surface area contributed by atoms with Crippen LogP contribution in [0.1, 0.15) is 33.4 Å². The van der Waals surface area contributed by atoms with Crippen molar-refractivity contribution >= 4 is 207 Å². The molecule has 0 aliphatic carbocycles. The molecule has 0 radical (unpaired) electrons. The molecule has 0 amide bonds. The highest BCUT2D eigenvalue weighted by atomic mass is 16.5. The molecule has 27 heterocycles. The van der Waals surface area contributed by atoms with E-state index in [9.17, 15) is 0 Å². The molecule has 3 unspecified atom stereocenters. The second kappa shape index (κ2) is 19.3. The minimum Gasteiger partial charge on any atom is -0.456 e. The Labute approximate surface area is 695 Å². The summed E-state index contributed by atoms with van der Waals surface area (Å²) in [6.07, 6.45) is 30.7. The second-order valence-corrected chi connectivity index (χ2v) is 35.1. The van der Waals surface area contributed by atoms with E-state index in [1.165, 1.54) is 208 Å². The maximum atomic E-state index is 6.92. The maximum absolute atomic E-state index is 6.92. The smallest absolute Gasteiger partial charge is 0.425 e. The van der Waals surface area contributed by atoms with Gasteiger partial charge in [0.1, 0.15) is 67.9 Å². The number of rotatable bonds is 0. The summed E-state index contributed by atoms with van der Waals surface area (Å²) in [5.74, 6) is 5.53. The molecule has 10 aromatic carbocycles. The van der Waals surface area contributed by atoms with E-state index in [2.05, 4.69) is 371 Å². The molecular formula is C107H54N14O3+6. The zero-order valence-electron chi connectivity index (χ0n) is 65.2. The first-order valence-electron chi connectivity index (χ1n) is 42.5. The summed E-state index contributed by atoms with van der Waals surface area (Å²) in [5, 5.41) is 24.9. The lowest BCUT2D eigenvalue weighted by Crippen LogP contribution is -2.72. The van der Waals surface area contributed by atoms with Gasteiger partial charge in [0.25, 0.3) is 0 Å². The van der Waals surface area contributed by atoms with Gasteiger partial charge in [0, 0.05) is 151 Å². The van der Waals surface area contributed by atoms with E-state index >= 15 is 0 Å². The van der Waals surface area contributed by atoms with Crippen LogP contribution in [0.4, 0.5) is 0 Å². The normalized spacial score (nSPS) is 17.6. The van der Waals surface area contributed by atoms with Crippen LogP contribution in [-0.4, -0.2) is 36.4 Å². The zero-order chi connectivity index (χ0) is 79.0. The van der Waals surface area contributed by atoms with Gasteiger partial charge in [0.15, 0.2) is 70.6 Å². The number of pyridine rings is 12. The molecule has 124 heavy (non-hydrogen) atoms. The van der Waals surface area contributed by atoms with Gasteiger partial charge < -0.3 is 31.8 Å². The Hall–Kier alpha value is -16.9. The first kappa shape index (κ1) is 60.5. The molecule has 564 valence electrons. The molecule has 18 aromatic heterocycles. The molecule has 3 atom stereocenters. The number of fused-ring (bicyclic) bond motifs is 26. The molecule has 37 rings (SSSR count). The predicted octanol–water partition coefficient (Wildman–Crippen LogP) is 19.6. The third-order valence-electron chi connectivity index (χ3n) is 30.3. The molecule has 0 bridgehead atoms. The Morgan fingerprint density at radius 2 is 0.484 bits per heavy atom. The van der Waals surface area contributed by atoms with Crippen molar-refractivity contribution in [3.8, 4) is 34.5 Å². The second-order valence-electron chi connectivity index (χ2n) is 35.1. The average molecular weight is 1580 g/mol. The van der Waals surface area contributed by atoms with Crippen molar-refractivity contribution in [1.29, 1.82) is 0 Å². The molecular weight excluding hydrogens is 1530 g/mol. The standard InChI is InChI=1S/C39H20N4O.2C34H17N5O/c1-3-9-23-22(8-1)20-41-28-12-6-18-43-38(28)31-25(35(23)41)13-15-29-33(31)39(43)34-30(44-29)16-14-27-32(34)37-26(11-5-17-42(37)39)36-24-10-4-2-7-21(24)19-40(27)36;1-2-6-19-18(5-1)17-37-23-8-4-15-39-32(23)26-20(30(19)37)9-11-24-28(26)34(39)29-25(40-24)12-10-21-27(29)31-22(7-3-14-38(31)34)36-16-13-35-33(21)36;1-2-6-19-18(5-1)17-37-22-10-12-25-29-27(22)31-21(30(19)37)7-3-14-38(31)34(29)28-24(40-25)11-9-20-26(28)32-23(8-4-15-39(32)34)36-16-13-35-33(20)36/h1-20H;2*1-17H/q3*+2. The van der Waals surface area contributed by atoms with E-state index in [0.717, 1.165) is 67.6 Å². The highest BCUT2D eigenvalue weighted by molar-refractivity contribution is 6.27. The Morgan fingerprint density at radius 3 is 0.839 bits per heavy atom. The Kier molecular flexibility index (Phi) is 9.44. The molecule has 17 heteroatoms. The Bertz CT molecular complexity index is 10300. The van der Waals surface area contributed by atoms with Gasteiger partial charge in [-0.1, -0.05) is 97.1 Å². The number of aromatic nitrogens is 14. The third-order valence-corrected chi connectivity index (χ3v) is 30.3. The SMILES string of the molecule is c1ccc2c(c1)cn1c3ccc4c5c3c3c(ccc[n+]3C53c5c(ccc6c5c5c(ccc[n+]53)n3cc5ccccc5c63)O4)c21.c1ccc2c(c1)cn1c3ccc4c5c3c3c(ccc[n+]3C53c5c(ccc6c5c5c(ccc[n+]53)n3ccnc63)O4)c21.c1ccc2c(c1)cn1c3ccc[n+]4c3c3c5c(ccc3c21)Oc1ccc2c3c1C54[n+]1cccc(c31)n1ccnc21. The lowest BCUT2D eigenvalue weighted by molar-refractivity contribution is -0.945. The molecule has 9 aliphatic rings. The predicted molar refractivity (Wildman–Crippen MR) is 476 cm³/mol. The number of benzene rings is 10. The average Bonchev–Trinajstić information content (AvgIpc) is 1.48. The van der Waals surface area contributed by atoms with Crippen molar-refractivity contribution < 1.29 is 41.6 Å². The summed E-state index contributed by atoms with van der Waals surface area (Å²) < 4.78 is 49.7. The van der Waals surface area contributed by atoms with E-state index in [-0.39, 0.29) is 0 Å². The fourth-order valence-electron chi connectivity index (χ4n) is 26.4. The summed E-state index contributed by atoms with van der Waals surface area (Å²) in [6, 6.07) is 88.1. The van der Waals surface area contributed by atoms with Gasteiger partial charge in [-0.15, -0.1) is 27.4 Å². The molecule has 28 aromatic rings.